The number of nitrogens with one attached hydrogen (secondary N) is 2. The van der Waals surface area contributed by atoms with Gasteiger partial charge in [0.1, 0.15) is 5.75 Å². The zero-order chi connectivity index (χ0) is 17.9. The molecule has 0 saturated heterocycles. The molecule has 26 heavy (non-hydrogen) atoms. The summed E-state index contributed by atoms with van der Waals surface area (Å²) < 4.78 is 5.17. The van der Waals surface area contributed by atoms with E-state index in [9.17, 15) is 4.79 Å². The molecule has 3 aromatic carbocycles. The summed E-state index contributed by atoms with van der Waals surface area (Å²) in [7, 11) is 1.59. The third kappa shape index (κ3) is 3.00. The van der Waals surface area contributed by atoms with Crippen LogP contribution in [0.1, 0.15) is 0 Å². The van der Waals surface area contributed by atoms with Gasteiger partial charge in [-0.15, -0.1) is 5.11 Å². The van der Waals surface area contributed by atoms with Gasteiger partial charge in [0.25, 0.3) is 5.56 Å². The van der Waals surface area contributed by atoms with Crippen LogP contribution in [0.15, 0.2) is 81.8 Å². The number of fused-ring (bicyclic) bond motifs is 1. The van der Waals surface area contributed by atoms with Crippen molar-refractivity contribution in [3.63, 3.8) is 0 Å². The molecule has 0 aliphatic heterocycles. The molecule has 4 aromatic rings. The lowest BCUT2D eigenvalue weighted by Gasteiger charge is -2.02. The molecule has 0 aliphatic carbocycles. The molecule has 128 valence electrons. The van der Waals surface area contributed by atoms with E-state index in [1.165, 1.54) is 0 Å². The lowest BCUT2D eigenvalue weighted by molar-refractivity contribution is 0.415. The van der Waals surface area contributed by atoms with Crippen molar-refractivity contribution < 1.29 is 4.74 Å². The molecule has 2 N–H and O–H groups in total. The van der Waals surface area contributed by atoms with Gasteiger partial charge < -0.3 is 4.74 Å². The first kappa shape index (κ1) is 15.8. The molecular weight excluding hydrogens is 328 g/mol. The zero-order valence-corrected chi connectivity index (χ0v) is 14.1. The van der Waals surface area contributed by atoms with Crippen molar-refractivity contribution in [1.29, 1.82) is 0 Å². The number of hydrogen-bond donors (Lipinski definition) is 2. The lowest BCUT2D eigenvalue weighted by atomic mass is 10.0. The van der Waals surface area contributed by atoms with Crippen molar-refractivity contribution >= 4 is 22.1 Å². The molecular formula is C20H16N4O2. The molecule has 6 nitrogen and oxygen atoms in total. The average Bonchev–Trinajstić information content (AvgIpc) is 3.06. The first-order valence-corrected chi connectivity index (χ1v) is 8.10. The van der Waals surface area contributed by atoms with Gasteiger partial charge in [0.15, 0.2) is 5.69 Å². The van der Waals surface area contributed by atoms with Crippen LogP contribution in [0.4, 0.5) is 11.4 Å². The van der Waals surface area contributed by atoms with Gasteiger partial charge in [-0.25, -0.2) is 0 Å². The van der Waals surface area contributed by atoms with E-state index in [0.29, 0.717) is 17.1 Å². The van der Waals surface area contributed by atoms with E-state index < -0.39 is 0 Å². The number of hydrogen-bond acceptors (Lipinski definition) is 4. The second-order valence-electron chi connectivity index (χ2n) is 5.77. The maximum Gasteiger partial charge on any atom is 0.292 e. The Morgan fingerprint density at radius 2 is 1.69 bits per heavy atom. The van der Waals surface area contributed by atoms with Gasteiger partial charge in [-0.3, -0.25) is 15.0 Å². The Bertz CT molecular complexity index is 1160. The second-order valence-corrected chi connectivity index (χ2v) is 5.77. The minimum atomic E-state index is -0.320. The van der Waals surface area contributed by atoms with Gasteiger partial charge in [0, 0.05) is 11.6 Å². The molecule has 0 unspecified atom stereocenters. The van der Waals surface area contributed by atoms with Crippen molar-refractivity contribution in [2.75, 3.05) is 7.11 Å². The Kier molecular flexibility index (Phi) is 4.07. The van der Waals surface area contributed by atoms with Crippen molar-refractivity contribution in [1.82, 2.24) is 10.2 Å². The van der Waals surface area contributed by atoms with Crippen LogP contribution in [-0.4, -0.2) is 17.3 Å². The number of aromatic amines is 2. The van der Waals surface area contributed by atoms with Crippen LogP contribution in [-0.2, 0) is 0 Å². The molecule has 0 spiro atoms. The summed E-state index contributed by atoms with van der Waals surface area (Å²) >= 11 is 0. The predicted molar refractivity (Wildman–Crippen MR) is 102 cm³/mol. The molecule has 0 bridgehead atoms. The van der Waals surface area contributed by atoms with Crippen LogP contribution >= 0.6 is 0 Å². The van der Waals surface area contributed by atoms with Gasteiger partial charge in [-0.05, 0) is 29.0 Å². The Hall–Kier alpha value is -3.67. The molecule has 0 radical (unpaired) electrons. The Labute approximate surface area is 149 Å². The molecule has 0 fully saturated rings. The van der Waals surface area contributed by atoms with Crippen LogP contribution in [0.5, 0.6) is 5.75 Å². The van der Waals surface area contributed by atoms with Crippen LogP contribution in [0.3, 0.4) is 0 Å². The normalized spacial score (nSPS) is 11.3. The fourth-order valence-electron chi connectivity index (χ4n) is 2.78. The number of rotatable bonds is 4. The minimum Gasteiger partial charge on any atom is -0.497 e. The summed E-state index contributed by atoms with van der Waals surface area (Å²) in [5, 5.41) is 16.0. The molecule has 1 heterocycles. The first-order chi connectivity index (χ1) is 12.7. The minimum absolute atomic E-state index is 0.239. The molecule has 6 heteroatoms. The van der Waals surface area contributed by atoms with Crippen LogP contribution in [0.2, 0.25) is 0 Å². The molecule has 1 aromatic heterocycles. The summed E-state index contributed by atoms with van der Waals surface area (Å²) in [4.78, 5) is 12.2. The highest BCUT2D eigenvalue weighted by Crippen LogP contribution is 2.29. The summed E-state index contributed by atoms with van der Waals surface area (Å²) in [6, 6.07) is 21.2. The number of H-pyrrole nitrogens is 2. The van der Waals surface area contributed by atoms with Gasteiger partial charge in [0.2, 0.25) is 0 Å². The number of methoxy groups -OCH3 is 1. The van der Waals surface area contributed by atoms with Gasteiger partial charge in [-0.1, -0.05) is 42.5 Å². The number of ether oxygens (including phenoxy) is 1. The lowest BCUT2D eigenvalue weighted by Crippen LogP contribution is -1.96. The van der Waals surface area contributed by atoms with Gasteiger partial charge in [-0.2, -0.15) is 5.11 Å². The first-order valence-electron chi connectivity index (χ1n) is 8.10. The van der Waals surface area contributed by atoms with E-state index in [1.807, 2.05) is 54.6 Å². The summed E-state index contributed by atoms with van der Waals surface area (Å²) in [6.07, 6.45) is 0. The maximum atomic E-state index is 12.2. The Morgan fingerprint density at radius 1 is 0.846 bits per heavy atom. The number of azo groups is 1. The van der Waals surface area contributed by atoms with Crippen molar-refractivity contribution in [2.45, 2.75) is 0 Å². The third-order valence-electron chi connectivity index (χ3n) is 4.11. The summed E-state index contributed by atoms with van der Waals surface area (Å²) in [5.74, 6) is 0.680. The van der Waals surface area contributed by atoms with Gasteiger partial charge >= 0.3 is 0 Å². The molecule has 0 saturated carbocycles. The molecule has 0 aliphatic rings. The smallest absolute Gasteiger partial charge is 0.292 e. The van der Waals surface area contributed by atoms with E-state index in [-0.39, 0.29) is 11.2 Å². The predicted octanol–water partition coefficient (Wildman–Crippen LogP) is 4.95. The highest BCUT2D eigenvalue weighted by Gasteiger charge is 2.12. The Balaban J connectivity index is 1.74. The largest absolute Gasteiger partial charge is 0.497 e. The monoisotopic (exact) mass is 344 g/mol. The zero-order valence-electron chi connectivity index (χ0n) is 14.1. The van der Waals surface area contributed by atoms with Gasteiger partial charge in [0.05, 0.1) is 18.5 Å². The Morgan fingerprint density at radius 3 is 2.54 bits per heavy atom. The number of benzene rings is 3. The van der Waals surface area contributed by atoms with Crippen LogP contribution in [0.25, 0.3) is 22.0 Å². The van der Waals surface area contributed by atoms with E-state index in [0.717, 1.165) is 16.3 Å². The fraction of sp³-hybridized carbons (Fsp3) is 0.0500. The second kappa shape index (κ2) is 6.68. The standard InChI is InChI=1S/C20H16N4O2/c1-26-17-8-4-7-16(12-17)21-23-19-18(22-24-20(19)25)15-10-9-13-5-2-3-6-14(13)11-15/h2-12H,1H3,(H2,22,24,25). The third-order valence-corrected chi connectivity index (χ3v) is 4.11. The van der Waals surface area contributed by atoms with E-state index >= 15 is 0 Å². The number of aromatic nitrogens is 2. The maximum absolute atomic E-state index is 12.2. The van der Waals surface area contributed by atoms with E-state index in [1.54, 1.807) is 19.2 Å². The van der Waals surface area contributed by atoms with Crippen LogP contribution < -0.4 is 10.3 Å². The average molecular weight is 344 g/mol. The van der Waals surface area contributed by atoms with E-state index in [2.05, 4.69) is 20.4 Å². The number of nitrogens with zero attached hydrogens (tertiary/aromatic N) is 2. The summed E-state index contributed by atoms with van der Waals surface area (Å²) in [5.41, 5.74) is 1.99. The van der Waals surface area contributed by atoms with Crippen molar-refractivity contribution in [3.05, 3.63) is 77.1 Å². The molecule has 4 rings (SSSR count). The van der Waals surface area contributed by atoms with Crippen LogP contribution in [0, 0.1) is 0 Å². The highest BCUT2D eigenvalue weighted by molar-refractivity contribution is 5.88. The SMILES string of the molecule is COc1cccc(N=Nc2c(-c3ccc4ccccc4c3)[nH][nH]c2=O)c1. The summed E-state index contributed by atoms with van der Waals surface area (Å²) in [6.45, 7) is 0. The quantitative estimate of drug-likeness (QED) is 0.514. The van der Waals surface area contributed by atoms with E-state index in [4.69, 9.17) is 4.74 Å². The molecule has 0 amide bonds. The fourth-order valence-corrected chi connectivity index (χ4v) is 2.78. The molecule has 0 atom stereocenters. The highest BCUT2D eigenvalue weighted by atomic mass is 16.5. The topological polar surface area (TPSA) is 82.6 Å². The van der Waals surface area contributed by atoms with Crippen molar-refractivity contribution in [3.8, 4) is 17.0 Å². The van der Waals surface area contributed by atoms with Crippen molar-refractivity contribution in [2.24, 2.45) is 10.2 Å².